The van der Waals surface area contributed by atoms with Crippen LogP contribution in [0, 0.1) is 11.8 Å². The number of aliphatic hydroxyl groups is 3. The molecule has 4 atom stereocenters. The van der Waals surface area contributed by atoms with Crippen molar-refractivity contribution in [1.29, 1.82) is 0 Å². The van der Waals surface area contributed by atoms with Crippen LogP contribution < -0.4 is 10.5 Å². The Morgan fingerprint density at radius 1 is 1.09 bits per heavy atom. The number of primary amides is 1. The Morgan fingerprint density at radius 2 is 1.80 bits per heavy atom. The van der Waals surface area contributed by atoms with Gasteiger partial charge in [0, 0.05) is 23.6 Å². The molecule has 11 nitrogen and oxygen atoms in total. The van der Waals surface area contributed by atoms with Crippen LogP contribution >= 0.6 is 0 Å². The second kappa shape index (κ2) is 10.8. The maximum Gasteiger partial charge on any atom is 0.255 e. The number of likely N-dealkylation sites (N-methyl/N-ethyl adjacent to an activating group) is 1. The number of ketones is 2. The number of aliphatic hydroxyl groups excluding tert-OH is 2. The van der Waals surface area contributed by atoms with Crippen molar-refractivity contribution in [2.75, 3.05) is 34.3 Å². The summed E-state index contributed by atoms with van der Waals surface area (Å²) in [4.78, 5) is 43.5. The van der Waals surface area contributed by atoms with Gasteiger partial charge in [0.2, 0.25) is 5.78 Å². The van der Waals surface area contributed by atoms with Crippen molar-refractivity contribution in [3.05, 3.63) is 63.9 Å². The minimum Gasteiger partial charge on any atom is -0.508 e. The van der Waals surface area contributed by atoms with E-state index in [0.29, 0.717) is 16.9 Å². The molecule has 11 heteroatoms. The Hall–Kier alpha value is -4.19. The average molecular weight is 604 g/mol. The lowest BCUT2D eigenvalue weighted by molar-refractivity contribution is -0.153. The Kier molecular flexibility index (Phi) is 7.30. The standard InChI is InChI=1S/C33H37N3O8/c1-35(2)27-21-14-17-13-20-18(19-12-16(6-9-23(19)44-3)15-36-10-4-5-11-36)7-8-22(37)25(20)28(38)24(17)30(40)33(21,43)31(41)26(29(27)39)32(34)42/h6-9,12,17,21,27,37-38,41,43H,4-5,10-11,13-15H2,1-3H3,(H2,34,42). The number of likely N-dealkylation sites (tertiary alicyclic amines) is 1. The van der Waals surface area contributed by atoms with Crippen LogP contribution in [0.3, 0.4) is 0 Å². The lowest BCUT2D eigenvalue weighted by Crippen LogP contribution is -2.65. The smallest absolute Gasteiger partial charge is 0.255 e. The first-order valence-corrected chi connectivity index (χ1v) is 14.8. The molecule has 6 N–H and O–H groups in total. The molecular weight excluding hydrogens is 566 g/mol. The van der Waals surface area contributed by atoms with Gasteiger partial charge in [0.05, 0.1) is 18.7 Å². The van der Waals surface area contributed by atoms with Gasteiger partial charge in [0.25, 0.3) is 5.91 Å². The van der Waals surface area contributed by atoms with Crippen molar-refractivity contribution in [3.8, 4) is 22.6 Å². The minimum atomic E-state index is -2.68. The van der Waals surface area contributed by atoms with Crippen molar-refractivity contribution >= 4 is 23.2 Å². The molecule has 4 aliphatic rings. The zero-order chi connectivity index (χ0) is 31.7. The Labute approximate surface area is 254 Å². The van der Waals surface area contributed by atoms with Crippen LogP contribution in [-0.4, -0.2) is 93.6 Å². The summed E-state index contributed by atoms with van der Waals surface area (Å²) in [5, 5.41) is 45.5. The monoisotopic (exact) mass is 603 g/mol. The SMILES string of the molecule is COc1ccc(CN2CCCC2)cc1-c1ccc(O)c2c1CC1CC3C(N(C)C)C(=O)C(C(N)=O)=C(O)C3(O)C(=O)C1=C2O. The van der Waals surface area contributed by atoms with Crippen LogP contribution in [0.2, 0.25) is 0 Å². The van der Waals surface area contributed by atoms with E-state index in [4.69, 9.17) is 10.5 Å². The Balaban J connectivity index is 1.51. The Morgan fingerprint density at radius 3 is 2.43 bits per heavy atom. The molecule has 1 saturated heterocycles. The lowest BCUT2D eigenvalue weighted by Gasteiger charge is -2.50. The van der Waals surface area contributed by atoms with Gasteiger partial charge >= 0.3 is 0 Å². The molecule has 3 aliphatic carbocycles. The number of benzene rings is 2. The fourth-order valence-corrected chi connectivity index (χ4v) is 7.76. The van der Waals surface area contributed by atoms with Crippen molar-refractivity contribution < 1.29 is 39.5 Å². The van der Waals surface area contributed by atoms with E-state index in [1.807, 2.05) is 18.2 Å². The number of phenols is 1. The normalized spacial score (nSPS) is 27.0. The highest BCUT2D eigenvalue weighted by atomic mass is 16.5. The number of amides is 1. The predicted molar refractivity (Wildman–Crippen MR) is 161 cm³/mol. The van der Waals surface area contributed by atoms with E-state index in [0.717, 1.165) is 43.6 Å². The van der Waals surface area contributed by atoms with Crippen LogP contribution in [0.1, 0.15) is 36.0 Å². The van der Waals surface area contributed by atoms with Crippen LogP contribution in [0.25, 0.3) is 16.9 Å². The first kappa shape index (κ1) is 29.9. The second-order valence-electron chi connectivity index (χ2n) is 12.5. The van der Waals surface area contributed by atoms with Gasteiger partial charge in [-0.2, -0.15) is 0 Å². The van der Waals surface area contributed by atoms with Gasteiger partial charge in [0.1, 0.15) is 28.6 Å². The van der Waals surface area contributed by atoms with E-state index in [9.17, 15) is 34.8 Å². The number of hydrogen-bond acceptors (Lipinski definition) is 10. The topological polar surface area (TPSA) is 174 Å². The molecule has 2 fully saturated rings. The summed E-state index contributed by atoms with van der Waals surface area (Å²) in [7, 11) is 4.72. The highest BCUT2D eigenvalue weighted by Gasteiger charge is 2.64. The number of ether oxygens (including phenoxy) is 1. The minimum absolute atomic E-state index is 0.0208. The summed E-state index contributed by atoms with van der Waals surface area (Å²) in [6, 6.07) is 8.01. The number of nitrogens with two attached hydrogens (primary N) is 1. The maximum absolute atomic E-state index is 14.1. The third-order valence-corrected chi connectivity index (χ3v) is 9.76. The molecule has 6 rings (SSSR count). The molecule has 1 heterocycles. The van der Waals surface area contributed by atoms with Crippen LogP contribution in [-0.2, 0) is 27.3 Å². The number of carbonyl (C=O) groups excluding carboxylic acids is 3. The van der Waals surface area contributed by atoms with E-state index in [-0.39, 0.29) is 29.7 Å². The lowest BCUT2D eigenvalue weighted by atomic mass is 9.57. The molecule has 0 bridgehead atoms. The molecule has 2 aromatic rings. The van der Waals surface area contributed by atoms with Gasteiger partial charge < -0.3 is 30.9 Å². The molecule has 4 unspecified atom stereocenters. The van der Waals surface area contributed by atoms with Gasteiger partial charge in [-0.15, -0.1) is 0 Å². The van der Waals surface area contributed by atoms with Crippen LogP contribution in [0.5, 0.6) is 11.5 Å². The van der Waals surface area contributed by atoms with Crippen molar-refractivity contribution in [2.45, 2.75) is 43.9 Å². The van der Waals surface area contributed by atoms with E-state index < -0.39 is 58.0 Å². The van der Waals surface area contributed by atoms with Gasteiger partial charge in [-0.05, 0) is 93.7 Å². The van der Waals surface area contributed by atoms with E-state index in [1.165, 1.54) is 11.0 Å². The quantitative estimate of drug-likeness (QED) is 0.308. The number of methoxy groups -OCH3 is 1. The molecule has 0 radical (unpaired) electrons. The summed E-state index contributed by atoms with van der Waals surface area (Å²) >= 11 is 0. The third kappa shape index (κ3) is 4.33. The maximum atomic E-state index is 14.1. The second-order valence-corrected chi connectivity index (χ2v) is 12.5. The molecule has 1 aliphatic heterocycles. The van der Waals surface area contributed by atoms with Gasteiger partial charge in [0.15, 0.2) is 11.4 Å². The third-order valence-electron chi connectivity index (χ3n) is 9.76. The molecular formula is C33H37N3O8. The summed E-state index contributed by atoms with van der Waals surface area (Å²) in [6.45, 7) is 2.83. The summed E-state index contributed by atoms with van der Waals surface area (Å²) < 4.78 is 5.72. The molecule has 1 amide bonds. The Bertz CT molecular complexity index is 1650. The van der Waals surface area contributed by atoms with E-state index in [1.54, 1.807) is 27.3 Å². The average Bonchev–Trinajstić information content (AvgIpc) is 3.48. The highest BCUT2D eigenvalue weighted by Crippen LogP contribution is 2.54. The first-order valence-electron chi connectivity index (χ1n) is 14.8. The van der Waals surface area contributed by atoms with E-state index >= 15 is 0 Å². The molecule has 232 valence electrons. The molecule has 44 heavy (non-hydrogen) atoms. The summed E-state index contributed by atoms with van der Waals surface area (Å²) in [5.41, 5.74) is 4.91. The summed E-state index contributed by atoms with van der Waals surface area (Å²) in [5.74, 6) is -6.18. The van der Waals surface area contributed by atoms with Gasteiger partial charge in [-0.1, -0.05) is 12.1 Å². The molecule has 1 saturated carbocycles. The highest BCUT2D eigenvalue weighted by molar-refractivity contribution is 6.24. The largest absolute Gasteiger partial charge is 0.508 e. The van der Waals surface area contributed by atoms with Crippen LogP contribution in [0.4, 0.5) is 0 Å². The number of aromatic hydroxyl groups is 1. The van der Waals surface area contributed by atoms with Gasteiger partial charge in [-0.25, -0.2) is 0 Å². The number of fused-ring (bicyclic) bond motifs is 3. The van der Waals surface area contributed by atoms with Crippen molar-refractivity contribution in [1.82, 2.24) is 9.80 Å². The van der Waals surface area contributed by atoms with Crippen molar-refractivity contribution in [2.24, 2.45) is 17.6 Å². The van der Waals surface area contributed by atoms with E-state index in [2.05, 4.69) is 4.90 Å². The fraction of sp³-hybridized carbons (Fsp3) is 0.424. The number of Topliss-reactive ketones (excluding diaryl/α,β-unsaturated/α-hetero) is 2. The van der Waals surface area contributed by atoms with Gasteiger partial charge in [-0.3, -0.25) is 24.2 Å². The fourth-order valence-electron chi connectivity index (χ4n) is 7.76. The molecule has 0 spiro atoms. The number of hydrogen-bond donors (Lipinski definition) is 5. The number of nitrogens with zero attached hydrogens (tertiary/aromatic N) is 2. The number of phenolic OH excluding ortho intramolecular Hbond substituents is 1. The van der Waals surface area contributed by atoms with Crippen LogP contribution in [0.15, 0.2) is 47.2 Å². The zero-order valence-electron chi connectivity index (χ0n) is 25.0. The summed E-state index contributed by atoms with van der Waals surface area (Å²) in [6.07, 6.45) is 2.54. The number of carbonyl (C=O) groups is 3. The first-order chi connectivity index (χ1) is 20.9. The molecule has 0 aromatic heterocycles. The number of rotatable bonds is 6. The molecule has 2 aromatic carbocycles. The predicted octanol–water partition coefficient (Wildman–Crippen LogP) is 2.24. The van der Waals surface area contributed by atoms with Crippen molar-refractivity contribution in [3.63, 3.8) is 0 Å². The zero-order valence-corrected chi connectivity index (χ0v) is 25.0.